The number of benzene rings is 1. The summed E-state index contributed by atoms with van der Waals surface area (Å²) >= 11 is 0. The van der Waals surface area contributed by atoms with Crippen LogP contribution >= 0.6 is 0 Å². The molecule has 23 heavy (non-hydrogen) atoms. The van der Waals surface area contributed by atoms with Crippen LogP contribution in [0.15, 0.2) is 34.9 Å². The van der Waals surface area contributed by atoms with Gasteiger partial charge in [-0.2, -0.15) is 4.98 Å². The van der Waals surface area contributed by atoms with Crippen LogP contribution < -0.4 is 5.73 Å². The molecule has 7 heteroatoms. The fourth-order valence-corrected chi connectivity index (χ4v) is 2.74. The van der Waals surface area contributed by atoms with E-state index >= 15 is 0 Å². The van der Waals surface area contributed by atoms with Gasteiger partial charge in [0.15, 0.2) is 5.82 Å². The summed E-state index contributed by atoms with van der Waals surface area (Å²) in [6.45, 7) is 2.04. The van der Waals surface area contributed by atoms with Gasteiger partial charge in [0, 0.05) is 6.42 Å². The minimum absolute atomic E-state index is 0.320. The first-order chi connectivity index (χ1) is 11.2. The minimum atomic E-state index is -0.447. The van der Waals surface area contributed by atoms with Gasteiger partial charge in [-0.15, -0.1) is 5.10 Å². The molecule has 0 radical (unpaired) electrons. The second-order valence-electron chi connectivity index (χ2n) is 5.89. The summed E-state index contributed by atoms with van der Waals surface area (Å²) < 4.78 is 7.15. The smallest absolute Gasteiger partial charge is 0.297 e. The summed E-state index contributed by atoms with van der Waals surface area (Å²) in [6.07, 6.45) is 3.63. The molecule has 1 saturated carbocycles. The molecular formula is C16H18N6O. The van der Waals surface area contributed by atoms with E-state index in [4.69, 9.17) is 10.3 Å². The van der Waals surface area contributed by atoms with Crippen LogP contribution in [0.3, 0.4) is 0 Å². The van der Waals surface area contributed by atoms with Gasteiger partial charge >= 0.3 is 0 Å². The van der Waals surface area contributed by atoms with Gasteiger partial charge in [0.25, 0.3) is 5.89 Å². The molecular weight excluding hydrogens is 292 g/mol. The number of aromatic nitrogens is 5. The molecule has 1 aromatic carbocycles. The summed E-state index contributed by atoms with van der Waals surface area (Å²) in [5.74, 6) is 2.15. The fraction of sp³-hybridized carbons (Fsp3) is 0.375. The van der Waals surface area contributed by atoms with E-state index in [-0.39, 0.29) is 0 Å². The zero-order valence-corrected chi connectivity index (χ0v) is 12.9. The van der Waals surface area contributed by atoms with E-state index in [2.05, 4.69) is 20.2 Å². The molecule has 4 rings (SSSR count). The Morgan fingerprint density at radius 2 is 2.00 bits per heavy atom. The maximum Gasteiger partial charge on any atom is 0.297 e. The lowest BCUT2D eigenvalue weighted by molar-refractivity contribution is 0.229. The predicted octanol–water partition coefficient (Wildman–Crippen LogP) is 2.22. The SMILES string of the molecule is CCc1nc(-c2nc(C3(N)CCC3)no2)nn1-c1ccccc1. The third kappa shape index (κ3) is 2.33. The molecule has 1 fully saturated rings. The van der Waals surface area contributed by atoms with Gasteiger partial charge in [-0.3, -0.25) is 0 Å². The molecule has 1 aliphatic carbocycles. The molecule has 3 aromatic rings. The third-order valence-electron chi connectivity index (χ3n) is 4.30. The first-order valence-corrected chi connectivity index (χ1v) is 7.84. The van der Waals surface area contributed by atoms with Gasteiger partial charge in [0.05, 0.1) is 11.2 Å². The normalized spacial score (nSPS) is 16.3. The van der Waals surface area contributed by atoms with Crippen molar-refractivity contribution in [1.82, 2.24) is 24.9 Å². The second kappa shape index (κ2) is 5.27. The highest BCUT2D eigenvalue weighted by atomic mass is 16.5. The van der Waals surface area contributed by atoms with Gasteiger partial charge in [0.2, 0.25) is 5.82 Å². The van der Waals surface area contributed by atoms with E-state index in [0.717, 1.165) is 37.2 Å². The van der Waals surface area contributed by atoms with Crippen LogP contribution in [0, 0.1) is 0 Å². The van der Waals surface area contributed by atoms with Crippen molar-refractivity contribution in [3.8, 4) is 17.4 Å². The molecule has 0 bridgehead atoms. The average Bonchev–Trinajstić information content (AvgIpc) is 3.20. The zero-order chi connectivity index (χ0) is 15.9. The Kier molecular flexibility index (Phi) is 3.23. The van der Waals surface area contributed by atoms with Crippen LogP contribution in [0.1, 0.15) is 37.8 Å². The first kappa shape index (κ1) is 14.1. The van der Waals surface area contributed by atoms with E-state index in [9.17, 15) is 0 Å². The van der Waals surface area contributed by atoms with Crippen molar-refractivity contribution >= 4 is 0 Å². The van der Waals surface area contributed by atoms with Crippen LogP contribution in [-0.4, -0.2) is 24.9 Å². The van der Waals surface area contributed by atoms with Gasteiger partial charge in [-0.05, 0) is 31.4 Å². The molecule has 2 aromatic heterocycles. The Balaban J connectivity index is 1.71. The predicted molar refractivity (Wildman–Crippen MR) is 83.7 cm³/mol. The summed E-state index contributed by atoms with van der Waals surface area (Å²) in [5, 5.41) is 8.55. The number of para-hydroxylation sites is 1. The molecule has 0 amide bonds. The largest absolute Gasteiger partial charge is 0.330 e. The summed E-state index contributed by atoms with van der Waals surface area (Å²) in [7, 11) is 0. The molecule has 1 aliphatic rings. The van der Waals surface area contributed by atoms with Gasteiger partial charge in [-0.25, -0.2) is 9.67 Å². The molecule has 0 aliphatic heterocycles. The van der Waals surface area contributed by atoms with Crippen LogP contribution in [0.4, 0.5) is 0 Å². The van der Waals surface area contributed by atoms with Gasteiger partial charge in [-0.1, -0.05) is 30.3 Å². The topological polar surface area (TPSA) is 95.7 Å². The standard InChI is InChI=1S/C16H18N6O/c1-2-12-18-13(20-22(12)11-7-4-3-5-8-11)14-19-15(21-23-14)16(17)9-6-10-16/h3-5,7-8H,2,6,9-10,17H2,1H3. The number of nitrogens with zero attached hydrogens (tertiary/aromatic N) is 5. The molecule has 0 unspecified atom stereocenters. The van der Waals surface area contributed by atoms with E-state index in [0.29, 0.717) is 17.5 Å². The number of nitrogens with two attached hydrogens (primary N) is 1. The Labute approximate surface area is 133 Å². The summed E-state index contributed by atoms with van der Waals surface area (Å²) in [4.78, 5) is 8.94. The number of hydrogen-bond acceptors (Lipinski definition) is 6. The van der Waals surface area contributed by atoms with Gasteiger partial charge < -0.3 is 10.3 Å². The lowest BCUT2D eigenvalue weighted by Crippen LogP contribution is -2.44. The van der Waals surface area contributed by atoms with Crippen molar-refractivity contribution in [2.75, 3.05) is 0 Å². The van der Waals surface area contributed by atoms with E-state index in [1.165, 1.54) is 0 Å². The Hall–Kier alpha value is -2.54. The molecule has 0 atom stereocenters. The van der Waals surface area contributed by atoms with Crippen LogP contribution in [0.2, 0.25) is 0 Å². The lowest BCUT2D eigenvalue weighted by Gasteiger charge is -2.34. The van der Waals surface area contributed by atoms with E-state index < -0.39 is 5.54 Å². The molecule has 0 spiro atoms. The average molecular weight is 310 g/mol. The zero-order valence-electron chi connectivity index (χ0n) is 12.9. The Morgan fingerprint density at radius 1 is 1.22 bits per heavy atom. The number of hydrogen-bond donors (Lipinski definition) is 1. The summed E-state index contributed by atoms with van der Waals surface area (Å²) in [6, 6.07) is 9.88. The highest BCUT2D eigenvalue weighted by Crippen LogP contribution is 2.37. The molecule has 7 nitrogen and oxygen atoms in total. The maximum absolute atomic E-state index is 6.24. The van der Waals surface area contributed by atoms with Crippen molar-refractivity contribution in [3.63, 3.8) is 0 Å². The molecule has 2 N–H and O–H groups in total. The van der Waals surface area contributed by atoms with Crippen molar-refractivity contribution in [3.05, 3.63) is 42.0 Å². The van der Waals surface area contributed by atoms with Crippen molar-refractivity contribution in [2.45, 2.75) is 38.1 Å². The van der Waals surface area contributed by atoms with Crippen molar-refractivity contribution in [2.24, 2.45) is 5.73 Å². The molecule has 2 heterocycles. The highest BCUT2D eigenvalue weighted by Gasteiger charge is 2.39. The number of aryl methyl sites for hydroxylation is 1. The van der Waals surface area contributed by atoms with Crippen LogP contribution in [0.25, 0.3) is 17.4 Å². The molecule has 0 saturated heterocycles. The monoisotopic (exact) mass is 310 g/mol. The van der Waals surface area contributed by atoms with Crippen molar-refractivity contribution in [1.29, 1.82) is 0 Å². The lowest BCUT2D eigenvalue weighted by atomic mass is 9.77. The van der Waals surface area contributed by atoms with E-state index in [1.807, 2.05) is 37.3 Å². The fourth-order valence-electron chi connectivity index (χ4n) is 2.74. The van der Waals surface area contributed by atoms with E-state index in [1.54, 1.807) is 4.68 Å². The van der Waals surface area contributed by atoms with Crippen LogP contribution in [0.5, 0.6) is 0 Å². The van der Waals surface area contributed by atoms with Crippen LogP contribution in [-0.2, 0) is 12.0 Å². The highest BCUT2D eigenvalue weighted by molar-refractivity contribution is 5.42. The molecule has 118 valence electrons. The van der Waals surface area contributed by atoms with Crippen molar-refractivity contribution < 1.29 is 4.52 Å². The third-order valence-corrected chi connectivity index (χ3v) is 4.30. The Bertz CT molecular complexity index is 818. The number of rotatable bonds is 4. The quantitative estimate of drug-likeness (QED) is 0.793. The minimum Gasteiger partial charge on any atom is -0.330 e. The first-order valence-electron chi connectivity index (χ1n) is 7.84. The maximum atomic E-state index is 6.24. The van der Waals surface area contributed by atoms with Gasteiger partial charge in [0.1, 0.15) is 5.82 Å². The second-order valence-corrected chi connectivity index (χ2v) is 5.89. The summed E-state index contributed by atoms with van der Waals surface area (Å²) in [5.41, 5.74) is 6.75. The Morgan fingerprint density at radius 3 is 2.65 bits per heavy atom.